The Morgan fingerprint density at radius 1 is 1.58 bits per heavy atom. The molecule has 1 atom stereocenters. The first kappa shape index (κ1) is 14.0. The number of hydrogen-bond donors (Lipinski definition) is 3. The Balaban J connectivity index is 2.15. The number of nitrogens with one attached hydrogen (secondary N) is 2. The fraction of sp³-hybridized carbons (Fsp3) is 0.462. The van der Waals surface area contributed by atoms with E-state index in [0.29, 0.717) is 22.0 Å². The van der Waals surface area contributed by atoms with Crippen molar-refractivity contribution in [1.82, 2.24) is 10.6 Å². The van der Waals surface area contributed by atoms with E-state index >= 15 is 0 Å². The lowest BCUT2D eigenvalue weighted by molar-refractivity contribution is 0.0927. The Morgan fingerprint density at radius 2 is 2.37 bits per heavy atom. The van der Waals surface area contributed by atoms with E-state index in [4.69, 9.17) is 22.1 Å². The SMILES string of the molecule is COc1cc(N)c(Cl)cc1C(=O)NC1CCCNC1. The molecule has 1 saturated heterocycles. The molecule has 4 N–H and O–H groups in total. The van der Waals surface area contributed by atoms with Gasteiger partial charge in [-0.3, -0.25) is 4.79 Å². The van der Waals surface area contributed by atoms with Crippen molar-refractivity contribution in [3.05, 3.63) is 22.7 Å². The lowest BCUT2D eigenvalue weighted by Crippen LogP contribution is -2.45. The summed E-state index contributed by atoms with van der Waals surface area (Å²) in [5, 5.41) is 6.58. The Labute approximate surface area is 117 Å². The normalized spacial score (nSPS) is 18.9. The maximum atomic E-state index is 12.2. The number of methoxy groups -OCH3 is 1. The summed E-state index contributed by atoms with van der Waals surface area (Å²) < 4.78 is 5.18. The first-order valence-corrected chi connectivity index (χ1v) is 6.64. The van der Waals surface area contributed by atoms with Crippen LogP contribution in [0.25, 0.3) is 0 Å². The second-order valence-corrected chi connectivity index (χ2v) is 5.00. The summed E-state index contributed by atoms with van der Waals surface area (Å²) in [7, 11) is 1.50. The Hall–Kier alpha value is -1.46. The van der Waals surface area contributed by atoms with Gasteiger partial charge in [0.05, 0.1) is 23.4 Å². The van der Waals surface area contributed by atoms with Crippen molar-refractivity contribution in [2.45, 2.75) is 18.9 Å². The predicted molar refractivity (Wildman–Crippen MR) is 75.8 cm³/mol. The van der Waals surface area contributed by atoms with E-state index in [-0.39, 0.29) is 11.9 Å². The van der Waals surface area contributed by atoms with Gasteiger partial charge in [-0.05, 0) is 25.5 Å². The number of halogens is 1. The van der Waals surface area contributed by atoms with Gasteiger partial charge in [0.15, 0.2) is 0 Å². The van der Waals surface area contributed by atoms with Crippen LogP contribution in [0.1, 0.15) is 23.2 Å². The van der Waals surface area contributed by atoms with Crippen LogP contribution >= 0.6 is 11.6 Å². The van der Waals surface area contributed by atoms with Crippen LogP contribution in [0.5, 0.6) is 5.75 Å². The maximum Gasteiger partial charge on any atom is 0.255 e. The van der Waals surface area contributed by atoms with E-state index in [1.807, 2.05) is 0 Å². The van der Waals surface area contributed by atoms with Crippen molar-refractivity contribution in [1.29, 1.82) is 0 Å². The van der Waals surface area contributed by atoms with Crippen LogP contribution < -0.4 is 21.1 Å². The van der Waals surface area contributed by atoms with Gasteiger partial charge in [-0.15, -0.1) is 0 Å². The second kappa shape index (κ2) is 6.12. The number of ether oxygens (including phenoxy) is 1. The quantitative estimate of drug-likeness (QED) is 0.733. The largest absolute Gasteiger partial charge is 0.496 e. The standard InChI is InChI=1S/C13H18ClN3O2/c1-19-12-6-11(15)10(14)5-9(12)13(18)17-8-3-2-4-16-7-8/h5-6,8,16H,2-4,7,15H2,1H3,(H,17,18). The molecule has 1 amide bonds. The number of rotatable bonds is 3. The molecule has 0 bridgehead atoms. The number of hydrogen-bond acceptors (Lipinski definition) is 4. The van der Waals surface area contributed by atoms with Gasteiger partial charge >= 0.3 is 0 Å². The lowest BCUT2D eigenvalue weighted by Gasteiger charge is -2.24. The van der Waals surface area contributed by atoms with E-state index < -0.39 is 0 Å². The van der Waals surface area contributed by atoms with Gasteiger partial charge in [-0.2, -0.15) is 0 Å². The van der Waals surface area contributed by atoms with E-state index in [0.717, 1.165) is 25.9 Å². The molecule has 1 aliphatic heterocycles. The minimum absolute atomic E-state index is 0.141. The molecule has 1 unspecified atom stereocenters. The third-order valence-electron chi connectivity index (χ3n) is 3.20. The van der Waals surface area contributed by atoms with Crippen LogP contribution in [-0.2, 0) is 0 Å². The summed E-state index contributed by atoms with van der Waals surface area (Å²) in [6.45, 7) is 1.79. The zero-order valence-electron chi connectivity index (χ0n) is 10.8. The van der Waals surface area contributed by atoms with Crippen molar-refractivity contribution in [3.8, 4) is 5.75 Å². The monoisotopic (exact) mass is 283 g/mol. The summed E-state index contributed by atoms with van der Waals surface area (Å²) in [4.78, 5) is 12.2. The Kier molecular flexibility index (Phi) is 4.50. The molecule has 19 heavy (non-hydrogen) atoms. The number of carbonyl (C=O) groups is 1. The molecule has 0 aliphatic carbocycles. The molecule has 0 spiro atoms. The van der Waals surface area contributed by atoms with Gasteiger partial charge in [0.2, 0.25) is 0 Å². The topological polar surface area (TPSA) is 76.4 Å². The number of benzene rings is 1. The lowest BCUT2D eigenvalue weighted by atomic mass is 10.1. The van der Waals surface area contributed by atoms with Crippen LogP contribution in [0.2, 0.25) is 5.02 Å². The molecule has 0 radical (unpaired) electrons. The Bertz CT molecular complexity index is 473. The van der Waals surface area contributed by atoms with Gasteiger partial charge in [0.25, 0.3) is 5.91 Å². The number of anilines is 1. The summed E-state index contributed by atoms with van der Waals surface area (Å²) in [6, 6.07) is 3.25. The average molecular weight is 284 g/mol. The second-order valence-electron chi connectivity index (χ2n) is 4.59. The maximum absolute atomic E-state index is 12.2. The molecule has 0 saturated carbocycles. The van der Waals surface area contributed by atoms with Crippen molar-refractivity contribution in [2.75, 3.05) is 25.9 Å². The van der Waals surface area contributed by atoms with Crippen molar-refractivity contribution in [3.63, 3.8) is 0 Å². The summed E-state index contributed by atoms with van der Waals surface area (Å²) in [6.07, 6.45) is 2.04. The van der Waals surface area contributed by atoms with Gasteiger partial charge in [-0.1, -0.05) is 11.6 Å². The van der Waals surface area contributed by atoms with Gasteiger partial charge in [0.1, 0.15) is 5.75 Å². The highest BCUT2D eigenvalue weighted by atomic mass is 35.5. The number of piperidine rings is 1. The average Bonchev–Trinajstić information content (AvgIpc) is 2.42. The molecule has 5 nitrogen and oxygen atoms in total. The zero-order chi connectivity index (χ0) is 13.8. The molecule has 2 rings (SSSR count). The molecular formula is C13H18ClN3O2. The van der Waals surface area contributed by atoms with Crippen LogP contribution in [0.15, 0.2) is 12.1 Å². The minimum Gasteiger partial charge on any atom is -0.496 e. The fourth-order valence-corrected chi connectivity index (χ4v) is 2.32. The highest BCUT2D eigenvalue weighted by Gasteiger charge is 2.20. The molecule has 1 heterocycles. The number of carbonyl (C=O) groups excluding carboxylic acids is 1. The smallest absolute Gasteiger partial charge is 0.255 e. The highest BCUT2D eigenvalue weighted by Crippen LogP contribution is 2.28. The van der Waals surface area contributed by atoms with E-state index in [1.54, 1.807) is 12.1 Å². The summed E-state index contributed by atoms with van der Waals surface area (Å²) >= 11 is 5.96. The number of nitrogens with two attached hydrogens (primary N) is 1. The fourth-order valence-electron chi connectivity index (χ4n) is 2.15. The Morgan fingerprint density at radius 3 is 3.00 bits per heavy atom. The van der Waals surface area contributed by atoms with Gasteiger partial charge in [0, 0.05) is 18.7 Å². The molecule has 1 aliphatic rings. The molecule has 1 fully saturated rings. The van der Waals surface area contributed by atoms with E-state index in [9.17, 15) is 4.79 Å². The minimum atomic E-state index is -0.188. The van der Waals surface area contributed by atoms with Crippen molar-refractivity contribution < 1.29 is 9.53 Å². The first-order chi connectivity index (χ1) is 9.11. The van der Waals surface area contributed by atoms with E-state index in [1.165, 1.54) is 7.11 Å². The molecule has 1 aromatic carbocycles. The first-order valence-electron chi connectivity index (χ1n) is 6.26. The van der Waals surface area contributed by atoms with Crippen molar-refractivity contribution in [2.24, 2.45) is 0 Å². The number of nitrogen functional groups attached to an aromatic ring is 1. The third-order valence-corrected chi connectivity index (χ3v) is 3.52. The zero-order valence-corrected chi connectivity index (χ0v) is 11.6. The molecule has 6 heteroatoms. The molecular weight excluding hydrogens is 266 g/mol. The van der Waals surface area contributed by atoms with E-state index in [2.05, 4.69) is 10.6 Å². The predicted octanol–water partition coefficient (Wildman–Crippen LogP) is 1.41. The van der Waals surface area contributed by atoms with Crippen molar-refractivity contribution >= 4 is 23.2 Å². The third kappa shape index (κ3) is 3.30. The summed E-state index contributed by atoms with van der Waals surface area (Å²) in [5.41, 5.74) is 6.50. The highest BCUT2D eigenvalue weighted by molar-refractivity contribution is 6.33. The van der Waals surface area contributed by atoms with Gasteiger partial charge in [-0.25, -0.2) is 0 Å². The molecule has 1 aromatic rings. The van der Waals surface area contributed by atoms with Crippen LogP contribution in [0.4, 0.5) is 5.69 Å². The van der Waals surface area contributed by atoms with Crippen LogP contribution in [0, 0.1) is 0 Å². The molecule has 104 valence electrons. The van der Waals surface area contributed by atoms with Crippen LogP contribution in [0.3, 0.4) is 0 Å². The van der Waals surface area contributed by atoms with Gasteiger partial charge < -0.3 is 21.1 Å². The summed E-state index contributed by atoms with van der Waals surface area (Å²) in [5.74, 6) is 0.246. The van der Waals surface area contributed by atoms with Crippen LogP contribution in [-0.4, -0.2) is 32.1 Å². The molecule has 0 aromatic heterocycles. The number of amides is 1.